The Kier molecular flexibility index (Phi) is 2.91. The molecule has 4 nitrogen and oxygen atoms in total. The van der Waals surface area contributed by atoms with Gasteiger partial charge in [0.1, 0.15) is 5.75 Å². The highest BCUT2D eigenvalue weighted by molar-refractivity contribution is 6.61. The van der Waals surface area contributed by atoms with Crippen LogP contribution in [0.2, 0.25) is 0 Å². The number of aromatic nitrogens is 1. The molecule has 1 aromatic heterocycles. The molecule has 92 valence electrons. The Morgan fingerprint density at radius 1 is 1.12 bits per heavy atom. The third-order valence-corrected chi connectivity index (χ3v) is 3.49. The molecular weight excluding hydrogens is 217 g/mol. The zero-order chi connectivity index (χ0) is 12.7. The predicted molar refractivity (Wildman–Crippen MR) is 66.5 cm³/mol. The SMILES string of the molecule is COc1ccc(B2OC(C)(C)C(C)(C)O2)nc1. The summed E-state index contributed by atoms with van der Waals surface area (Å²) in [5.74, 6) is 0.727. The third-order valence-electron chi connectivity index (χ3n) is 3.49. The molecule has 0 spiro atoms. The lowest BCUT2D eigenvalue weighted by atomic mass is 9.84. The Morgan fingerprint density at radius 2 is 1.71 bits per heavy atom. The molecule has 1 fully saturated rings. The molecule has 0 aliphatic carbocycles. The number of hydrogen-bond donors (Lipinski definition) is 0. The molecule has 0 unspecified atom stereocenters. The van der Waals surface area contributed by atoms with Crippen LogP contribution in [0.4, 0.5) is 0 Å². The van der Waals surface area contributed by atoms with Crippen molar-refractivity contribution < 1.29 is 14.0 Å². The highest BCUT2D eigenvalue weighted by atomic mass is 16.7. The lowest BCUT2D eigenvalue weighted by molar-refractivity contribution is 0.00578. The van der Waals surface area contributed by atoms with Gasteiger partial charge in [0.05, 0.1) is 30.1 Å². The molecule has 0 radical (unpaired) electrons. The van der Waals surface area contributed by atoms with Crippen molar-refractivity contribution in [3.8, 4) is 5.75 Å². The highest BCUT2D eigenvalue weighted by Crippen LogP contribution is 2.36. The van der Waals surface area contributed by atoms with Crippen molar-refractivity contribution in [2.24, 2.45) is 0 Å². The molecule has 2 heterocycles. The maximum Gasteiger partial charge on any atom is 0.514 e. The Balaban J connectivity index is 2.20. The molecule has 0 aromatic carbocycles. The molecule has 1 saturated heterocycles. The quantitative estimate of drug-likeness (QED) is 0.726. The van der Waals surface area contributed by atoms with Crippen LogP contribution in [-0.2, 0) is 9.31 Å². The first-order chi connectivity index (χ1) is 7.86. The van der Waals surface area contributed by atoms with Gasteiger partial charge in [0.25, 0.3) is 0 Å². The predicted octanol–water partition coefficient (Wildman–Crippen LogP) is 1.39. The van der Waals surface area contributed by atoms with E-state index in [0.717, 1.165) is 11.3 Å². The van der Waals surface area contributed by atoms with Crippen molar-refractivity contribution in [1.82, 2.24) is 4.98 Å². The summed E-state index contributed by atoms with van der Waals surface area (Å²) in [6.45, 7) is 8.10. The van der Waals surface area contributed by atoms with E-state index in [9.17, 15) is 0 Å². The molecule has 0 N–H and O–H groups in total. The fraction of sp³-hybridized carbons (Fsp3) is 0.583. The summed E-state index contributed by atoms with van der Waals surface area (Å²) in [6, 6.07) is 3.72. The third kappa shape index (κ3) is 2.17. The molecule has 0 bridgehead atoms. The second-order valence-electron chi connectivity index (χ2n) is 5.21. The molecule has 0 amide bonds. The first-order valence-corrected chi connectivity index (χ1v) is 5.71. The van der Waals surface area contributed by atoms with Gasteiger partial charge in [-0.3, -0.25) is 4.98 Å². The molecule has 1 aliphatic rings. The summed E-state index contributed by atoms with van der Waals surface area (Å²) in [6.07, 6.45) is 1.67. The maximum atomic E-state index is 5.90. The van der Waals surface area contributed by atoms with Gasteiger partial charge in [0.2, 0.25) is 0 Å². The van der Waals surface area contributed by atoms with Gasteiger partial charge in [-0.05, 0) is 39.8 Å². The van der Waals surface area contributed by atoms with E-state index < -0.39 is 7.12 Å². The van der Waals surface area contributed by atoms with Gasteiger partial charge in [-0.15, -0.1) is 0 Å². The average Bonchev–Trinajstić information content (AvgIpc) is 2.48. The number of ether oxygens (including phenoxy) is 1. The molecular formula is C12H18BNO3. The molecule has 1 aromatic rings. The van der Waals surface area contributed by atoms with Crippen LogP contribution in [0.3, 0.4) is 0 Å². The van der Waals surface area contributed by atoms with E-state index in [1.54, 1.807) is 13.3 Å². The van der Waals surface area contributed by atoms with Gasteiger partial charge in [0.15, 0.2) is 0 Å². The minimum atomic E-state index is -0.411. The summed E-state index contributed by atoms with van der Waals surface area (Å²) >= 11 is 0. The summed E-state index contributed by atoms with van der Waals surface area (Å²) in [4.78, 5) is 4.29. The van der Waals surface area contributed by atoms with Gasteiger partial charge >= 0.3 is 7.12 Å². The first kappa shape index (κ1) is 12.4. The summed E-state index contributed by atoms with van der Waals surface area (Å²) < 4.78 is 16.9. The Bertz CT molecular complexity index is 387. The molecule has 5 heteroatoms. The van der Waals surface area contributed by atoms with Crippen LogP contribution < -0.4 is 10.3 Å². The lowest BCUT2D eigenvalue weighted by Gasteiger charge is -2.32. The van der Waals surface area contributed by atoms with E-state index in [-0.39, 0.29) is 11.2 Å². The van der Waals surface area contributed by atoms with Crippen molar-refractivity contribution in [3.05, 3.63) is 18.3 Å². The van der Waals surface area contributed by atoms with Gasteiger partial charge < -0.3 is 14.0 Å². The van der Waals surface area contributed by atoms with Gasteiger partial charge in [-0.1, -0.05) is 0 Å². The highest BCUT2D eigenvalue weighted by Gasteiger charge is 2.52. The van der Waals surface area contributed by atoms with Crippen LogP contribution in [0.1, 0.15) is 27.7 Å². The molecule has 1 aliphatic heterocycles. The van der Waals surface area contributed by atoms with E-state index in [1.807, 2.05) is 39.8 Å². The van der Waals surface area contributed by atoms with Gasteiger partial charge in [0, 0.05) is 0 Å². The fourth-order valence-electron chi connectivity index (χ4n) is 1.62. The second-order valence-corrected chi connectivity index (χ2v) is 5.21. The smallest absolute Gasteiger partial charge is 0.495 e. The standard InChI is InChI=1S/C12H18BNO3/c1-11(2)12(3,4)17-13(16-11)10-7-6-9(15-5)8-14-10/h6-8H,1-5H3. The van der Waals surface area contributed by atoms with E-state index in [1.165, 1.54) is 0 Å². The number of pyridine rings is 1. The minimum absolute atomic E-state index is 0.334. The normalized spacial score (nSPS) is 21.6. The van der Waals surface area contributed by atoms with Crippen molar-refractivity contribution in [1.29, 1.82) is 0 Å². The van der Waals surface area contributed by atoms with E-state index >= 15 is 0 Å². The fourth-order valence-corrected chi connectivity index (χ4v) is 1.62. The topological polar surface area (TPSA) is 40.6 Å². The Hall–Kier alpha value is -1.07. The zero-order valence-electron chi connectivity index (χ0n) is 11.0. The molecule has 17 heavy (non-hydrogen) atoms. The summed E-state index contributed by atoms with van der Waals surface area (Å²) in [5.41, 5.74) is 0.0999. The van der Waals surface area contributed by atoms with Crippen LogP contribution in [0, 0.1) is 0 Å². The van der Waals surface area contributed by atoms with Crippen molar-refractivity contribution >= 4 is 12.7 Å². The molecule has 2 rings (SSSR count). The van der Waals surface area contributed by atoms with Crippen molar-refractivity contribution in [2.75, 3.05) is 7.11 Å². The molecule has 0 saturated carbocycles. The average molecular weight is 235 g/mol. The minimum Gasteiger partial charge on any atom is -0.495 e. The number of methoxy groups -OCH3 is 1. The summed E-state index contributed by atoms with van der Waals surface area (Å²) in [5, 5.41) is 0. The number of hydrogen-bond acceptors (Lipinski definition) is 4. The van der Waals surface area contributed by atoms with E-state index in [2.05, 4.69) is 4.98 Å². The Morgan fingerprint density at radius 3 is 2.12 bits per heavy atom. The largest absolute Gasteiger partial charge is 0.514 e. The monoisotopic (exact) mass is 235 g/mol. The first-order valence-electron chi connectivity index (χ1n) is 5.71. The van der Waals surface area contributed by atoms with Crippen LogP contribution in [0.25, 0.3) is 0 Å². The van der Waals surface area contributed by atoms with E-state index in [0.29, 0.717) is 0 Å². The van der Waals surface area contributed by atoms with Crippen molar-refractivity contribution in [3.63, 3.8) is 0 Å². The Labute approximate surface area is 102 Å². The van der Waals surface area contributed by atoms with Crippen LogP contribution in [0.5, 0.6) is 5.75 Å². The van der Waals surface area contributed by atoms with Crippen LogP contribution in [0.15, 0.2) is 18.3 Å². The second kappa shape index (κ2) is 4.00. The zero-order valence-corrected chi connectivity index (χ0v) is 11.0. The van der Waals surface area contributed by atoms with Gasteiger partial charge in [-0.25, -0.2) is 0 Å². The van der Waals surface area contributed by atoms with Gasteiger partial charge in [-0.2, -0.15) is 0 Å². The van der Waals surface area contributed by atoms with Crippen LogP contribution in [-0.4, -0.2) is 30.4 Å². The van der Waals surface area contributed by atoms with E-state index in [4.69, 9.17) is 14.0 Å². The molecule has 0 atom stereocenters. The summed E-state index contributed by atoms with van der Waals surface area (Å²) in [7, 11) is 1.21. The van der Waals surface area contributed by atoms with Crippen LogP contribution >= 0.6 is 0 Å². The number of rotatable bonds is 2. The van der Waals surface area contributed by atoms with Crippen molar-refractivity contribution in [2.45, 2.75) is 38.9 Å². The number of nitrogens with zero attached hydrogens (tertiary/aromatic N) is 1. The lowest BCUT2D eigenvalue weighted by Crippen LogP contribution is -2.41. The maximum absolute atomic E-state index is 5.90.